The molecule has 0 N–H and O–H groups in total. The standard InChI is InChI=1S/C13H17ClN2O/c1-9-3-4-12(10(2)15-9)13(17)16-7-5-11(14)6-8-16/h3-4,11H,5-8H2,1-2H3. The van der Waals surface area contributed by atoms with Gasteiger partial charge in [-0.1, -0.05) is 0 Å². The van der Waals surface area contributed by atoms with Crippen molar-refractivity contribution in [2.75, 3.05) is 13.1 Å². The Balaban J connectivity index is 2.14. The second kappa shape index (κ2) is 5.05. The van der Waals surface area contributed by atoms with E-state index in [2.05, 4.69) is 4.98 Å². The Bertz CT molecular complexity index is 425. The summed E-state index contributed by atoms with van der Waals surface area (Å²) in [6.07, 6.45) is 1.76. The van der Waals surface area contributed by atoms with Crippen molar-refractivity contribution in [1.29, 1.82) is 0 Å². The summed E-state index contributed by atoms with van der Waals surface area (Å²) in [4.78, 5) is 18.5. The van der Waals surface area contributed by atoms with Crippen molar-refractivity contribution in [2.45, 2.75) is 32.1 Å². The van der Waals surface area contributed by atoms with E-state index >= 15 is 0 Å². The molecule has 0 unspecified atom stereocenters. The highest BCUT2D eigenvalue weighted by atomic mass is 35.5. The van der Waals surface area contributed by atoms with Gasteiger partial charge in [-0.25, -0.2) is 0 Å². The normalized spacial score (nSPS) is 17.2. The maximum Gasteiger partial charge on any atom is 0.255 e. The zero-order chi connectivity index (χ0) is 12.4. The van der Waals surface area contributed by atoms with Gasteiger partial charge >= 0.3 is 0 Å². The molecule has 3 nitrogen and oxygen atoms in total. The number of carbonyl (C=O) groups is 1. The third-order valence-corrected chi connectivity index (χ3v) is 3.60. The van der Waals surface area contributed by atoms with Crippen LogP contribution in [-0.2, 0) is 0 Å². The van der Waals surface area contributed by atoms with Crippen LogP contribution in [0.2, 0.25) is 0 Å². The Kier molecular flexibility index (Phi) is 3.67. The number of likely N-dealkylation sites (tertiary alicyclic amines) is 1. The maximum atomic E-state index is 12.3. The van der Waals surface area contributed by atoms with E-state index in [0.717, 1.165) is 37.3 Å². The number of alkyl halides is 1. The summed E-state index contributed by atoms with van der Waals surface area (Å²) < 4.78 is 0. The van der Waals surface area contributed by atoms with Gasteiger partial charge in [-0.05, 0) is 38.8 Å². The molecule has 0 bridgehead atoms. The van der Waals surface area contributed by atoms with Crippen LogP contribution < -0.4 is 0 Å². The molecule has 17 heavy (non-hydrogen) atoms. The number of hydrogen-bond acceptors (Lipinski definition) is 2. The molecule has 2 rings (SSSR count). The number of piperidine rings is 1. The van der Waals surface area contributed by atoms with Gasteiger partial charge in [0.05, 0.1) is 11.3 Å². The van der Waals surface area contributed by atoms with Crippen molar-refractivity contribution in [3.8, 4) is 0 Å². The number of amides is 1. The highest BCUT2D eigenvalue weighted by molar-refractivity contribution is 6.20. The van der Waals surface area contributed by atoms with Gasteiger partial charge in [-0.3, -0.25) is 9.78 Å². The van der Waals surface area contributed by atoms with Gasteiger partial charge in [0.15, 0.2) is 0 Å². The van der Waals surface area contributed by atoms with Gasteiger partial charge in [0.2, 0.25) is 0 Å². The number of hydrogen-bond donors (Lipinski definition) is 0. The minimum Gasteiger partial charge on any atom is -0.338 e. The van der Waals surface area contributed by atoms with Crippen molar-refractivity contribution in [3.05, 3.63) is 29.1 Å². The van der Waals surface area contributed by atoms with Crippen LogP contribution >= 0.6 is 11.6 Å². The van der Waals surface area contributed by atoms with Crippen LogP contribution in [-0.4, -0.2) is 34.3 Å². The SMILES string of the molecule is Cc1ccc(C(=O)N2CCC(Cl)CC2)c(C)n1. The second-order valence-corrected chi connectivity index (χ2v) is 5.17. The second-order valence-electron chi connectivity index (χ2n) is 4.55. The van der Waals surface area contributed by atoms with E-state index < -0.39 is 0 Å². The third-order valence-electron chi connectivity index (χ3n) is 3.17. The van der Waals surface area contributed by atoms with Gasteiger partial charge in [0.25, 0.3) is 5.91 Å². The first-order chi connectivity index (χ1) is 8.08. The molecule has 1 aliphatic heterocycles. The molecule has 0 radical (unpaired) electrons. The Hall–Kier alpha value is -1.09. The van der Waals surface area contributed by atoms with Crippen molar-refractivity contribution in [3.63, 3.8) is 0 Å². The third kappa shape index (κ3) is 2.78. The van der Waals surface area contributed by atoms with Crippen molar-refractivity contribution >= 4 is 17.5 Å². The minimum atomic E-state index is 0.0820. The average Bonchev–Trinajstić information content (AvgIpc) is 2.29. The smallest absolute Gasteiger partial charge is 0.255 e. The average molecular weight is 253 g/mol. The van der Waals surface area contributed by atoms with E-state index in [9.17, 15) is 4.79 Å². The molecule has 1 saturated heterocycles. The van der Waals surface area contributed by atoms with Crippen LogP contribution in [0.1, 0.15) is 34.6 Å². The lowest BCUT2D eigenvalue weighted by molar-refractivity contribution is 0.0725. The molecule has 0 aromatic carbocycles. The van der Waals surface area contributed by atoms with Gasteiger partial charge in [0.1, 0.15) is 0 Å². The van der Waals surface area contributed by atoms with Crippen LogP contribution in [0.4, 0.5) is 0 Å². The highest BCUT2D eigenvalue weighted by Gasteiger charge is 2.23. The number of pyridine rings is 1. The van der Waals surface area contributed by atoms with Crippen LogP contribution in [0, 0.1) is 13.8 Å². The lowest BCUT2D eigenvalue weighted by Gasteiger charge is -2.29. The number of aryl methyl sites for hydroxylation is 2. The van der Waals surface area contributed by atoms with Crippen LogP contribution in [0.5, 0.6) is 0 Å². The molecule has 1 amide bonds. The molecular weight excluding hydrogens is 236 g/mol. The predicted molar refractivity (Wildman–Crippen MR) is 68.5 cm³/mol. The Morgan fingerprint density at radius 2 is 2.00 bits per heavy atom. The molecule has 1 aromatic heterocycles. The number of halogens is 1. The summed E-state index contributed by atoms with van der Waals surface area (Å²) in [5.41, 5.74) is 2.46. The van der Waals surface area contributed by atoms with Crippen LogP contribution in [0.3, 0.4) is 0 Å². The van der Waals surface area contributed by atoms with Gasteiger partial charge in [-0.15, -0.1) is 11.6 Å². The molecule has 0 aliphatic carbocycles. The molecule has 92 valence electrons. The summed E-state index contributed by atoms with van der Waals surface area (Å²) in [5.74, 6) is 0.0820. The molecule has 4 heteroatoms. The molecule has 0 saturated carbocycles. The van der Waals surface area contributed by atoms with Crippen molar-refractivity contribution in [2.24, 2.45) is 0 Å². The molecule has 2 heterocycles. The van der Waals surface area contributed by atoms with Gasteiger partial charge in [-0.2, -0.15) is 0 Å². The van der Waals surface area contributed by atoms with Crippen molar-refractivity contribution < 1.29 is 4.79 Å². The van der Waals surface area contributed by atoms with E-state index in [1.54, 1.807) is 0 Å². The summed E-state index contributed by atoms with van der Waals surface area (Å²) in [7, 11) is 0. The fraction of sp³-hybridized carbons (Fsp3) is 0.538. The number of aromatic nitrogens is 1. The van der Waals surface area contributed by atoms with Gasteiger partial charge < -0.3 is 4.90 Å². The molecule has 0 spiro atoms. The van der Waals surface area contributed by atoms with Crippen LogP contribution in [0.15, 0.2) is 12.1 Å². The van der Waals surface area contributed by atoms with Gasteiger partial charge in [0, 0.05) is 24.2 Å². The summed E-state index contributed by atoms with van der Waals surface area (Å²) in [6.45, 7) is 5.31. The zero-order valence-corrected chi connectivity index (χ0v) is 11.0. The first kappa shape index (κ1) is 12.4. The predicted octanol–water partition coefficient (Wildman–Crippen LogP) is 2.54. The van der Waals surface area contributed by atoms with E-state index in [1.807, 2.05) is 30.9 Å². The molecule has 0 atom stereocenters. The first-order valence-corrected chi connectivity index (χ1v) is 6.39. The van der Waals surface area contributed by atoms with E-state index in [1.165, 1.54) is 0 Å². The lowest BCUT2D eigenvalue weighted by Crippen LogP contribution is -2.39. The molecule has 1 fully saturated rings. The number of nitrogens with zero attached hydrogens (tertiary/aromatic N) is 2. The van der Waals surface area contributed by atoms with E-state index in [-0.39, 0.29) is 11.3 Å². The molecule has 1 aliphatic rings. The monoisotopic (exact) mass is 252 g/mol. The topological polar surface area (TPSA) is 33.2 Å². The first-order valence-electron chi connectivity index (χ1n) is 5.95. The Labute approximate surface area is 107 Å². The largest absolute Gasteiger partial charge is 0.338 e. The fourth-order valence-electron chi connectivity index (χ4n) is 2.13. The number of carbonyl (C=O) groups excluding carboxylic acids is 1. The number of rotatable bonds is 1. The highest BCUT2D eigenvalue weighted by Crippen LogP contribution is 2.18. The minimum absolute atomic E-state index is 0.0820. The zero-order valence-electron chi connectivity index (χ0n) is 10.2. The molecule has 1 aromatic rings. The fourth-order valence-corrected chi connectivity index (χ4v) is 2.33. The van der Waals surface area contributed by atoms with Crippen LogP contribution in [0.25, 0.3) is 0 Å². The Morgan fingerprint density at radius 3 is 2.59 bits per heavy atom. The summed E-state index contributed by atoms with van der Waals surface area (Å²) in [5, 5.41) is 0.219. The van der Waals surface area contributed by atoms with Crippen molar-refractivity contribution in [1.82, 2.24) is 9.88 Å². The summed E-state index contributed by atoms with van der Waals surface area (Å²) in [6, 6.07) is 3.75. The quantitative estimate of drug-likeness (QED) is 0.720. The summed E-state index contributed by atoms with van der Waals surface area (Å²) >= 11 is 6.03. The Morgan fingerprint density at radius 1 is 1.35 bits per heavy atom. The maximum absolute atomic E-state index is 12.3. The van der Waals surface area contributed by atoms with E-state index in [0.29, 0.717) is 5.56 Å². The molecular formula is C13H17ClN2O. The van der Waals surface area contributed by atoms with E-state index in [4.69, 9.17) is 11.6 Å². The lowest BCUT2D eigenvalue weighted by atomic mass is 10.1.